The molecule has 2 N–H and O–H groups in total. The molecule has 3 aromatic carbocycles. The Morgan fingerprint density at radius 3 is 1.92 bits per heavy atom. The van der Waals surface area contributed by atoms with Crippen LogP contribution in [-0.4, -0.2) is 22.3 Å². The van der Waals surface area contributed by atoms with Gasteiger partial charge >= 0.3 is 5.69 Å². The fourth-order valence-corrected chi connectivity index (χ4v) is 4.50. The maximum atomic E-state index is 12.4. The molecular formula is C29H24N4O3. The third kappa shape index (κ3) is 4.31. The molecule has 7 nitrogen and oxygen atoms in total. The summed E-state index contributed by atoms with van der Waals surface area (Å²) in [5, 5.41) is 0. The van der Waals surface area contributed by atoms with Gasteiger partial charge in [-0.25, -0.2) is 9.64 Å². The monoisotopic (exact) mass is 476 g/mol. The second-order valence-corrected chi connectivity index (χ2v) is 8.35. The molecule has 0 unspecified atom stereocenters. The molecule has 0 spiro atoms. The molecule has 2 atom stereocenters. The van der Waals surface area contributed by atoms with Gasteiger partial charge in [0.05, 0.1) is 13.2 Å². The van der Waals surface area contributed by atoms with Gasteiger partial charge in [-0.3, -0.25) is 4.57 Å². The predicted octanol–water partition coefficient (Wildman–Crippen LogP) is 4.53. The van der Waals surface area contributed by atoms with Crippen molar-refractivity contribution in [3.63, 3.8) is 0 Å². The Labute approximate surface area is 208 Å². The van der Waals surface area contributed by atoms with Crippen LogP contribution in [0.2, 0.25) is 0 Å². The van der Waals surface area contributed by atoms with Crippen LogP contribution in [0.15, 0.2) is 120 Å². The van der Waals surface area contributed by atoms with E-state index in [1.165, 1.54) is 16.8 Å². The van der Waals surface area contributed by atoms with Crippen LogP contribution in [0.1, 0.15) is 22.9 Å². The van der Waals surface area contributed by atoms with Gasteiger partial charge in [0.2, 0.25) is 0 Å². The van der Waals surface area contributed by atoms with Crippen molar-refractivity contribution in [1.82, 2.24) is 9.55 Å². The smallest absolute Gasteiger partial charge is 0.351 e. The minimum atomic E-state index is -0.946. The van der Waals surface area contributed by atoms with E-state index >= 15 is 0 Å². The van der Waals surface area contributed by atoms with Gasteiger partial charge in [-0.15, -0.1) is 0 Å². The number of benzene rings is 3. The Bertz CT molecular complexity index is 1360. The van der Waals surface area contributed by atoms with Crippen LogP contribution in [0, 0.1) is 6.57 Å². The van der Waals surface area contributed by atoms with Crippen LogP contribution in [0.25, 0.3) is 4.85 Å². The number of hydrogen-bond acceptors (Lipinski definition) is 5. The largest absolute Gasteiger partial charge is 0.383 e. The summed E-state index contributed by atoms with van der Waals surface area (Å²) in [7, 11) is 0. The van der Waals surface area contributed by atoms with Crippen LogP contribution in [0.3, 0.4) is 0 Å². The van der Waals surface area contributed by atoms with Crippen LogP contribution in [-0.2, 0) is 15.1 Å². The molecule has 4 aromatic rings. The molecule has 0 bridgehead atoms. The Balaban J connectivity index is 1.53. The van der Waals surface area contributed by atoms with Crippen molar-refractivity contribution in [2.45, 2.75) is 17.9 Å². The highest BCUT2D eigenvalue weighted by Gasteiger charge is 2.40. The van der Waals surface area contributed by atoms with E-state index in [1.54, 1.807) is 6.08 Å². The highest BCUT2D eigenvalue weighted by atomic mass is 16.6. The number of aromatic nitrogens is 2. The fourth-order valence-electron chi connectivity index (χ4n) is 4.50. The molecule has 0 fully saturated rings. The number of ether oxygens (including phenoxy) is 2. The van der Waals surface area contributed by atoms with Crippen molar-refractivity contribution in [3.05, 3.63) is 154 Å². The summed E-state index contributed by atoms with van der Waals surface area (Å²) in [6.07, 6.45) is 1.68. The second-order valence-electron chi connectivity index (χ2n) is 8.35. The minimum Gasteiger partial charge on any atom is -0.383 e. The van der Waals surface area contributed by atoms with E-state index in [4.69, 9.17) is 21.8 Å². The topological polar surface area (TPSA) is 83.7 Å². The Morgan fingerprint density at radius 1 is 0.917 bits per heavy atom. The lowest BCUT2D eigenvalue weighted by atomic mass is 9.80. The van der Waals surface area contributed by atoms with Gasteiger partial charge in [-0.05, 0) is 28.8 Å². The van der Waals surface area contributed by atoms with E-state index in [0.717, 1.165) is 16.7 Å². The summed E-state index contributed by atoms with van der Waals surface area (Å²) in [6.45, 7) is 7.78. The molecule has 0 saturated carbocycles. The molecule has 1 aliphatic heterocycles. The summed E-state index contributed by atoms with van der Waals surface area (Å²) in [5.41, 5.74) is 7.34. The van der Waals surface area contributed by atoms with E-state index in [9.17, 15) is 4.79 Å². The molecule has 0 radical (unpaired) electrons. The highest BCUT2D eigenvalue weighted by molar-refractivity contribution is 5.47. The standard InChI is InChI=1S/C29H24N4O3/c1-31-24-19-27(33-18-17-26(30)32-28(33)34)36-25(24)20-35-29(21-11-5-2-6-12-21,22-13-7-3-8-14-22)23-15-9-4-10-16-23/h2-19,25,27H,20H2,(H2,30,32,34)/t25-,27-/m1/s1. The Kier molecular flexibility index (Phi) is 6.46. The molecule has 1 aromatic heterocycles. The SMILES string of the molecule is [C-]#[N+]C1=C[C@H](n2ccc(N)nc2=O)O[C@@H]1COC(c1ccccc1)(c1ccccc1)c1ccccc1. The number of nitrogen functional groups attached to an aromatic ring is 1. The zero-order chi connectivity index (χ0) is 25.0. The van der Waals surface area contributed by atoms with Gasteiger partial charge in [-0.1, -0.05) is 91.0 Å². The van der Waals surface area contributed by atoms with Gasteiger partial charge in [0.15, 0.2) is 5.70 Å². The van der Waals surface area contributed by atoms with Crippen LogP contribution >= 0.6 is 0 Å². The number of anilines is 1. The van der Waals surface area contributed by atoms with Crippen molar-refractivity contribution >= 4 is 5.82 Å². The summed E-state index contributed by atoms with van der Waals surface area (Å²) in [4.78, 5) is 19.8. The second kappa shape index (κ2) is 10.0. The number of nitrogens with zero attached hydrogens (tertiary/aromatic N) is 3. The van der Waals surface area contributed by atoms with Crippen molar-refractivity contribution in [1.29, 1.82) is 0 Å². The third-order valence-electron chi connectivity index (χ3n) is 6.19. The van der Waals surface area contributed by atoms with Crippen molar-refractivity contribution in [3.8, 4) is 0 Å². The first kappa shape index (κ1) is 23.2. The van der Waals surface area contributed by atoms with E-state index in [2.05, 4.69) is 9.83 Å². The van der Waals surface area contributed by atoms with Crippen molar-refractivity contribution in [2.24, 2.45) is 0 Å². The molecular weight excluding hydrogens is 452 g/mol. The highest BCUT2D eigenvalue weighted by Crippen LogP contribution is 2.41. The van der Waals surface area contributed by atoms with Gasteiger partial charge in [0, 0.05) is 6.20 Å². The van der Waals surface area contributed by atoms with Crippen LogP contribution in [0.5, 0.6) is 0 Å². The molecule has 2 heterocycles. The number of nitrogens with two attached hydrogens (primary N) is 1. The van der Waals surface area contributed by atoms with Gasteiger partial charge in [0.1, 0.15) is 23.8 Å². The number of rotatable bonds is 7. The fraction of sp³-hybridized carbons (Fsp3) is 0.138. The summed E-state index contributed by atoms with van der Waals surface area (Å²) in [6, 6.07) is 31.5. The molecule has 7 heteroatoms. The van der Waals surface area contributed by atoms with Crippen molar-refractivity contribution in [2.75, 3.05) is 12.3 Å². The first-order valence-corrected chi connectivity index (χ1v) is 11.5. The summed E-state index contributed by atoms with van der Waals surface area (Å²) >= 11 is 0. The zero-order valence-electron chi connectivity index (χ0n) is 19.4. The van der Waals surface area contributed by atoms with Crippen LogP contribution < -0.4 is 11.4 Å². The van der Waals surface area contributed by atoms with Crippen LogP contribution in [0.4, 0.5) is 5.82 Å². The van der Waals surface area contributed by atoms with Gasteiger partial charge < -0.3 is 15.2 Å². The number of hydrogen-bond donors (Lipinski definition) is 1. The molecule has 178 valence electrons. The van der Waals surface area contributed by atoms with Gasteiger partial charge in [-0.2, -0.15) is 4.98 Å². The lowest BCUT2D eigenvalue weighted by Gasteiger charge is -2.36. The summed E-state index contributed by atoms with van der Waals surface area (Å²) < 4.78 is 14.2. The lowest BCUT2D eigenvalue weighted by molar-refractivity contribution is -0.0704. The van der Waals surface area contributed by atoms with Gasteiger partial charge in [0.25, 0.3) is 0 Å². The van der Waals surface area contributed by atoms with Crippen molar-refractivity contribution < 1.29 is 9.47 Å². The molecule has 5 rings (SSSR count). The average molecular weight is 477 g/mol. The normalized spacial score (nSPS) is 17.4. The van der Waals surface area contributed by atoms with E-state index < -0.39 is 23.6 Å². The molecule has 0 saturated heterocycles. The Hall–Kier alpha value is -4.51. The molecule has 0 amide bonds. The third-order valence-corrected chi connectivity index (χ3v) is 6.19. The lowest BCUT2D eigenvalue weighted by Crippen LogP contribution is -2.36. The maximum absolute atomic E-state index is 12.4. The first-order valence-electron chi connectivity index (χ1n) is 11.5. The zero-order valence-corrected chi connectivity index (χ0v) is 19.4. The molecule has 36 heavy (non-hydrogen) atoms. The maximum Gasteiger partial charge on any atom is 0.351 e. The van der Waals surface area contributed by atoms with E-state index in [1.807, 2.05) is 91.0 Å². The van der Waals surface area contributed by atoms with E-state index in [-0.39, 0.29) is 12.4 Å². The summed E-state index contributed by atoms with van der Waals surface area (Å²) in [5.74, 6) is 0.127. The predicted molar refractivity (Wildman–Crippen MR) is 137 cm³/mol. The first-order chi connectivity index (χ1) is 17.6. The minimum absolute atomic E-state index is 0.0839. The average Bonchev–Trinajstić information content (AvgIpc) is 3.34. The quantitative estimate of drug-likeness (QED) is 0.313. The Morgan fingerprint density at radius 2 is 1.44 bits per heavy atom. The molecule has 1 aliphatic rings. The van der Waals surface area contributed by atoms with E-state index in [0.29, 0.717) is 5.70 Å². The molecule has 0 aliphatic carbocycles.